The topological polar surface area (TPSA) is 21.3 Å². The Balaban J connectivity index is 2.46. The van der Waals surface area contributed by atoms with E-state index in [1.165, 1.54) is 12.0 Å². The second-order valence-corrected chi connectivity index (χ2v) is 6.49. The third-order valence-electron chi connectivity index (χ3n) is 3.54. The van der Waals surface area contributed by atoms with Crippen LogP contribution in [0.25, 0.3) is 0 Å². The van der Waals surface area contributed by atoms with Crippen LogP contribution in [-0.4, -0.2) is 26.3 Å². The molecule has 0 amide bonds. The molecule has 3 heteroatoms. The highest BCUT2D eigenvalue weighted by Gasteiger charge is 2.11. The maximum absolute atomic E-state index is 5.98. The third kappa shape index (κ3) is 8.45. The molecular weight excluding hydrogens is 282 g/mol. The SMILES string of the molecule is CCCCOCCC(CNCC(C)C)c1ccc(Cl)cc1. The molecule has 0 aliphatic carbocycles. The van der Waals surface area contributed by atoms with Crippen LogP contribution in [0.2, 0.25) is 5.02 Å². The Bertz CT molecular complexity index is 364. The zero-order valence-electron chi connectivity index (χ0n) is 13.7. The Kier molecular flexibility index (Phi) is 9.73. The summed E-state index contributed by atoms with van der Waals surface area (Å²) in [6.07, 6.45) is 3.39. The average Bonchev–Trinajstić information content (AvgIpc) is 2.46. The van der Waals surface area contributed by atoms with Gasteiger partial charge in [0.05, 0.1) is 0 Å². The van der Waals surface area contributed by atoms with Crippen LogP contribution in [0.1, 0.15) is 51.5 Å². The van der Waals surface area contributed by atoms with Crippen molar-refractivity contribution in [2.75, 3.05) is 26.3 Å². The molecule has 1 rings (SSSR count). The van der Waals surface area contributed by atoms with Crippen LogP contribution in [0.15, 0.2) is 24.3 Å². The maximum Gasteiger partial charge on any atom is 0.0472 e. The Morgan fingerprint density at radius 2 is 1.81 bits per heavy atom. The normalized spacial score (nSPS) is 12.8. The van der Waals surface area contributed by atoms with E-state index in [1.54, 1.807) is 0 Å². The van der Waals surface area contributed by atoms with Gasteiger partial charge < -0.3 is 10.1 Å². The third-order valence-corrected chi connectivity index (χ3v) is 3.79. The molecule has 1 aromatic rings. The van der Waals surface area contributed by atoms with Gasteiger partial charge in [0.25, 0.3) is 0 Å². The van der Waals surface area contributed by atoms with Crippen molar-refractivity contribution in [1.29, 1.82) is 0 Å². The van der Waals surface area contributed by atoms with E-state index in [2.05, 4.69) is 38.2 Å². The minimum absolute atomic E-state index is 0.489. The molecule has 0 radical (unpaired) electrons. The number of rotatable bonds is 11. The van der Waals surface area contributed by atoms with E-state index in [-0.39, 0.29) is 0 Å². The number of halogens is 1. The van der Waals surface area contributed by atoms with Crippen molar-refractivity contribution in [2.24, 2.45) is 5.92 Å². The Labute approximate surface area is 135 Å². The number of ether oxygens (including phenoxy) is 1. The Hall–Kier alpha value is -0.570. The van der Waals surface area contributed by atoms with Crippen molar-refractivity contribution < 1.29 is 4.74 Å². The van der Waals surface area contributed by atoms with Crippen LogP contribution >= 0.6 is 11.6 Å². The van der Waals surface area contributed by atoms with Gasteiger partial charge in [-0.2, -0.15) is 0 Å². The van der Waals surface area contributed by atoms with Gasteiger partial charge in [-0.05, 0) is 48.9 Å². The summed E-state index contributed by atoms with van der Waals surface area (Å²) >= 11 is 5.98. The molecule has 0 bridgehead atoms. The molecule has 2 nitrogen and oxygen atoms in total. The fourth-order valence-electron chi connectivity index (χ4n) is 2.24. The van der Waals surface area contributed by atoms with Gasteiger partial charge in [0, 0.05) is 24.8 Å². The van der Waals surface area contributed by atoms with Crippen molar-refractivity contribution in [1.82, 2.24) is 5.32 Å². The van der Waals surface area contributed by atoms with Crippen molar-refractivity contribution in [3.63, 3.8) is 0 Å². The molecule has 1 atom stereocenters. The molecule has 1 aromatic carbocycles. The highest BCUT2D eigenvalue weighted by atomic mass is 35.5. The van der Waals surface area contributed by atoms with Gasteiger partial charge in [-0.1, -0.05) is 50.9 Å². The second-order valence-electron chi connectivity index (χ2n) is 6.06. The second kappa shape index (κ2) is 11.1. The number of hydrogen-bond donors (Lipinski definition) is 1. The summed E-state index contributed by atoms with van der Waals surface area (Å²) in [5.41, 5.74) is 1.34. The molecule has 1 N–H and O–H groups in total. The summed E-state index contributed by atoms with van der Waals surface area (Å²) in [4.78, 5) is 0. The molecular formula is C18H30ClNO. The first-order chi connectivity index (χ1) is 10.1. The summed E-state index contributed by atoms with van der Waals surface area (Å²) < 4.78 is 5.72. The molecule has 0 aromatic heterocycles. The molecule has 0 heterocycles. The largest absolute Gasteiger partial charge is 0.381 e. The molecule has 0 aliphatic rings. The van der Waals surface area contributed by atoms with Crippen molar-refractivity contribution >= 4 is 11.6 Å². The van der Waals surface area contributed by atoms with Gasteiger partial charge in [0.1, 0.15) is 0 Å². The van der Waals surface area contributed by atoms with Crippen molar-refractivity contribution in [2.45, 2.75) is 46.0 Å². The Morgan fingerprint density at radius 3 is 2.43 bits per heavy atom. The average molecular weight is 312 g/mol. The molecule has 1 unspecified atom stereocenters. The van der Waals surface area contributed by atoms with Crippen molar-refractivity contribution in [3.05, 3.63) is 34.9 Å². The molecule has 21 heavy (non-hydrogen) atoms. The monoisotopic (exact) mass is 311 g/mol. The lowest BCUT2D eigenvalue weighted by atomic mass is 9.96. The first-order valence-corrected chi connectivity index (χ1v) is 8.55. The summed E-state index contributed by atoms with van der Waals surface area (Å²) in [6.45, 7) is 10.4. The van der Waals surface area contributed by atoms with E-state index in [0.717, 1.165) is 44.2 Å². The molecule has 0 fully saturated rings. The lowest BCUT2D eigenvalue weighted by Crippen LogP contribution is -2.26. The highest BCUT2D eigenvalue weighted by Crippen LogP contribution is 2.21. The molecule has 0 saturated carbocycles. The van der Waals surface area contributed by atoms with Gasteiger partial charge in [0.2, 0.25) is 0 Å². The van der Waals surface area contributed by atoms with Crippen molar-refractivity contribution in [3.8, 4) is 0 Å². The summed E-state index contributed by atoms with van der Waals surface area (Å²) in [5, 5.41) is 4.36. The van der Waals surface area contributed by atoms with Gasteiger partial charge in [-0.15, -0.1) is 0 Å². The van der Waals surface area contributed by atoms with E-state index in [9.17, 15) is 0 Å². The predicted octanol–water partition coefficient (Wildman–Crippen LogP) is 4.88. The number of nitrogens with one attached hydrogen (secondary N) is 1. The lowest BCUT2D eigenvalue weighted by molar-refractivity contribution is 0.124. The fourth-order valence-corrected chi connectivity index (χ4v) is 2.37. The summed E-state index contributed by atoms with van der Waals surface area (Å²) in [7, 11) is 0. The fraction of sp³-hybridized carbons (Fsp3) is 0.667. The number of benzene rings is 1. The van der Waals surface area contributed by atoms with Crippen LogP contribution in [0.4, 0.5) is 0 Å². The first-order valence-electron chi connectivity index (χ1n) is 8.17. The molecule has 0 saturated heterocycles. The Morgan fingerprint density at radius 1 is 1.10 bits per heavy atom. The van der Waals surface area contributed by atoms with Gasteiger partial charge in [0.15, 0.2) is 0 Å². The van der Waals surface area contributed by atoms with E-state index in [0.29, 0.717) is 11.8 Å². The van der Waals surface area contributed by atoms with Crippen LogP contribution < -0.4 is 5.32 Å². The lowest BCUT2D eigenvalue weighted by Gasteiger charge is -2.19. The van der Waals surface area contributed by atoms with Crippen LogP contribution in [0.3, 0.4) is 0 Å². The van der Waals surface area contributed by atoms with E-state index < -0.39 is 0 Å². The van der Waals surface area contributed by atoms with Gasteiger partial charge >= 0.3 is 0 Å². The highest BCUT2D eigenvalue weighted by molar-refractivity contribution is 6.30. The summed E-state index contributed by atoms with van der Waals surface area (Å²) in [6, 6.07) is 8.22. The molecule has 120 valence electrons. The minimum atomic E-state index is 0.489. The first kappa shape index (κ1) is 18.5. The smallest absolute Gasteiger partial charge is 0.0472 e. The van der Waals surface area contributed by atoms with E-state index in [1.807, 2.05) is 12.1 Å². The summed E-state index contributed by atoms with van der Waals surface area (Å²) in [5.74, 6) is 1.17. The minimum Gasteiger partial charge on any atom is -0.381 e. The zero-order valence-corrected chi connectivity index (χ0v) is 14.5. The van der Waals surface area contributed by atoms with Crippen LogP contribution in [-0.2, 0) is 4.74 Å². The van der Waals surface area contributed by atoms with E-state index in [4.69, 9.17) is 16.3 Å². The van der Waals surface area contributed by atoms with Crippen LogP contribution in [0, 0.1) is 5.92 Å². The zero-order chi connectivity index (χ0) is 15.5. The maximum atomic E-state index is 5.98. The van der Waals surface area contributed by atoms with Gasteiger partial charge in [-0.3, -0.25) is 0 Å². The van der Waals surface area contributed by atoms with Gasteiger partial charge in [-0.25, -0.2) is 0 Å². The standard InChI is InChI=1S/C18H30ClNO/c1-4-5-11-21-12-10-17(14-20-13-15(2)3)16-6-8-18(19)9-7-16/h6-9,15,17,20H,4-5,10-14H2,1-3H3. The predicted molar refractivity (Wildman–Crippen MR) is 92.2 cm³/mol. The quantitative estimate of drug-likeness (QED) is 0.588. The molecule has 0 aliphatic heterocycles. The number of unbranched alkanes of at least 4 members (excludes halogenated alkanes) is 1. The molecule has 0 spiro atoms. The van der Waals surface area contributed by atoms with E-state index >= 15 is 0 Å². The number of hydrogen-bond acceptors (Lipinski definition) is 2. The van der Waals surface area contributed by atoms with Crippen LogP contribution in [0.5, 0.6) is 0 Å².